The van der Waals surface area contributed by atoms with Gasteiger partial charge in [0.1, 0.15) is 0 Å². The number of nitriles is 1. The van der Waals surface area contributed by atoms with Gasteiger partial charge in [-0.25, -0.2) is 0 Å². The molecule has 1 aromatic rings. The highest BCUT2D eigenvalue weighted by Gasteiger charge is 2.24. The smallest absolute Gasteiger partial charge is 0.0995 e. The maximum atomic E-state index is 9.06. The Morgan fingerprint density at radius 2 is 2.18 bits per heavy atom. The quantitative estimate of drug-likeness (QED) is 0.790. The second-order valence-corrected chi connectivity index (χ2v) is 4.91. The van der Waals surface area contributed by atoms with Gasteiger partial charge in [0.2, 0.25) is 0 Å². The minimum Gasteiger partial charge on any atom is -0.305 e. The fourth-order valence-electron chi connectivity index (χ4n) is 2.39. The lowest BCUT2D eigenvalue weighted by Gasteiger charge is -2.20. The molecule has 2 rings (SSSR count). The first kappa shape index (κ1) is 12.1. The van der Waals surface area contributed by atoms with E-state index in [0.29, 0.717) is 6.04 Å². The highest BCUT2D eigenvalue weighted by atomic mass is 15.2. The maximum absolute atomic E-state index is 9.06. The van der Waals surface area contributed by atoms with Crippen LogP contribution in [0.15, 0.2) is 24.3 Å². The van der Waals surface area contributed by atoms with Gasteiger partial charge in [0.05, 0.1) is 11.6 Å². The first-order valence-corrected chi connectivity index (χ1v) is 6.07. The van der Waals surface area contributed by atoms with Gasteiger partial charge >= 0.3 is 0 Å². The monoisotopic (exact) mass is 229 g/mol. The number of hydrogen-bond acceptors (Lipinski definition) is 3. The van der Waals surface area contributed by atoms with Crippen molar-refractivity contribution in [1.82, 2.24) is 9.80 Å². The maximum Gasteiger partial charge on any atom is 0.0995 e. The Kier molecular flexibility index (Phi) is 3.78. The van der Waals surface area contributed by atoms with Gasteiger partial charge in [-0.05, 0) is 32.1 Å². The van der Waals surface area contributed by atoms with Crippen LogP contribution in [-0.2, 0) is 6.54 Å². The molecule has 0 spiro atoms. The third kappa shape index (κ3) is 2.85. The number of rotatable bonds is 3. The second kappa shape index (κ2) is 5.31. The van der Waals surface area contributed by atoms with Crippen molar-refractivity contribution < 1.29 is 0 Å². The number of hydrogen-bond donors (Lipinski definition) is 0. The van der Waals surface area contributed by atoms with Gasteiger partial charge in [0, 0.05) is 25.7 Å². The van der Waals surface area contributed by atoms with Gasteiger partial charge in [-0.1, -0.05) is 18.2 Å². The van der Waals surface area contributed by atoms with E-state index in [1.807, 2.05) is 18.2 Å². The highest BCUT2D eigenvalue weighted by Crippen LogP contribution is 2.17. The number of benzene rings is 1. The van der Waals surface area contributed by atoms with E-state index in [0.717, 1.165) is 30.8 Å². The Morgan fingerprint density at radius 3 is 2.82 bits per heavy atom. The third-order valence-electron chi connectivity index (χ3n) is 3.51. The van der Waals surface area contributed by atoms with E-state index in [2.05, 4.69) is 36.0 Å². The molecule has 1 aliphatic heterocycles. The summed E-state index contributed by atoms with van der Waals surface area (Å²) < 4.78 is 0. The Labute approximate surface area is 103 Å². The van der Waals surface area contributed by atoms with Crippen molar-refractivity contribution in [1.29, 1.82) is 5.26 Å². The molecule has 3 nitrogen and oxygen atoms in total. The fourth-order valence-corrected chi connectivity index (χ4v) is 2.39. The summed E-state index contributed by atoms with van der Waals surface area (Å²) in [6.07, 6.45) is 1.22. The predicted molar refractivity (Wildman–Crippen MR) is 68.5 cm³/mol. The number of nitrogens with zero attached hydrogens (tertiary/aromatic N) is 3. The molecule has 1 heterocycles. The molecule has 1 saturated heterocycles. The van der Waals surface area contributed by atoms with E-state index >= 15 is 0 Å². The Hall–Kier alpha value is -1.37. The van der Waals surface area contributed by atoms with Crippen molar-refractivity contribution in [2.45, 2.75) is 19.0 Å². The lowest BCUT2D eigenvalue weighted by Crippen LogP contribution is -2.31. The molecule has 0 radical (unpaired) electrons. The van der Waals surface area contributed by atoms with E-state index in [1.165, 1.54) is 6.42 Å². The van der Waals surface area contributed by atoms with Crippen molar-refractivity contribution in [3.05, 3.63) is 35.4 Å². The molecule has 17 heavy (non-hydrogen) atoms. The molecule has 1 fully saturated rings. The standard InChI is InChI=1S/C14H19N3/c1-16(2)14-7-8-17(11-14)10-13-6-4-3-5-12(13)9-15/h3-6,14H,7-8,10-11H2,1-2H3. The summed E-state index contributed by atoms with van der Waals surface area (Å²) in [4.78, 5) is 4.72. The predicted octanol–water partition coefficient (Wildman–Crippen LogP) is 1.69. The van der Waals surface area contributed by atoms with Gasteiger partial charge < -0.3 is 4.90 Å². The number of likely N-dealkylation sites (N-methyl/N-ethyl adjacent to an activating group) is 1. The van der Waals surface area contributed by atoms with Crippen LogP contribution in [0.25, 0.3) is 0 Å². The van der Waals surface area contributed by atoms with Crippen LogP contribution in [-0.4, -0.2) is 43.0 Å². The normalized spacial score (nSPS) is 20.7. The molecule has 0 aromatic heterocycles. The zero-order chi connectivity index (χ0) is 12.3. The van der Waals surface area contributed by atoms with Gasteiger partial charge in [0.15, 0.2) is 0 Å². The van der Waals surface area contributed by atoms with Crippen LogP contribution in [0, 0.1) is 11.3 Å². The highest BCUT2D eigenvalue weighted by molar-refractivity contribution is 5.37. The molecule has 0 aliphatic carbocycles. The van der Waals surface area contributed by atoms with Gasteiger partial charge in [0.25, 0.3) is 0 Å². The molecular formula is C14H19N3. The van der Waals surface area contributed by atoms with Crippen LogP contribution in [0.2, 0.25) is 0 Å². The Morgan fingerprint density at radius 1 is 1.41 bits per heavy atom. The van der Waals surface area contributed by atoms with Crippen LogP contribution < -0.4 is 0 Å². The van der Waals surface area contributed by atoms with Crippen molar-refractivity contribution in [3.8, 4) is 6.07 Å². The minimum atomic E-state index is 0.657. The Bertz CT molecular complexity index is 420. The zero-order valence-electron chi connectivity index (χ0n) is 10.6. The fraction of sp³-hybridized carbons (Fsp3) is 0.500. The SMILES string of the molecule is CN(C)C1CCN(Cc2ccccc2C#N)C1. The van der Waals surface area contributed by atoms with Gasteiger partial charge in [-0.3, -0.25) is 4.90 Å². The molecule has 0 saturated carbocycles. The summed E-state index contributed by atoms with van der Waals surface area (Å²) in [7, 11) is 4.27. The largest absolute Gasteiger partial charge is 0.305 e. The van der Waals surface area contributed by atoms with E-state index in [4.69, 9.17) is 5.26 Å². The molecule has 0 bridgehead atoms. The molecular weight excluding hydrogens is 210 g/mol. The summed E-state index contributed by atoms with van der Waals surface area (Å²) >= 11 is 0. The third-order valence-corrected chi connectivity index (χ3v) is 3.51. The molecule has 90 valence electrons. The lowest BCUT2D eigenvalue weighted by atomic mass is 10.1. The van der Waals surface area contributed by atoms with Crippen molar-refractivity contribution in [2.75, 3.05) is 27.2 Å². The molecule has 1 atom stereocenters. The topological polar surface area (TPSA) is 30.3 Å². The Balaban J connectivity index is 2.01. The molecule has 1 unspecified atom stereocenters. The van der Waals surface area contributed by atoms with E-state index in [-0.39, 0.29) is 0 Å². The van der Waals surface area contributed by atoms with Crippen molar-refractivity contribution >= 4 is 0 Å². The van der Waals surface area contributed by atoms with E-state index in [9.17, 15) is 0 Å². The van der Waals surface area contributed by atoms with Crippen molar-refractivity contribution in [3.63, 3.8) is 0 Å². The summed E-state index contributed by atoms with van der Waals surface area (Å²) in [6.45, 7) is 3.13. The summed E-state index contributed by atoms with van der Waals surface area (Å²) in [5.41, 5.74) is 1.95. The van der Waals surface area contributed by atoms with Crippen LogP contribution in [0.1, 0.15) is 17.5 Å². The first-order valence-electron chi connectivity index (χ1n) is 6.07. The average Bonchev–Trinajstić information content (AvgIpc) is 2.78. The van der Waals surface area contributed by atoms with Crippen LogP contribution in [0.5, 0.6) is 0 Å². The molecule has 3 heteroatoms. The van der Waals surface area contributed by atoms with Gasteiger partial charge in [-0.2, -0.15) is 5.26 Å². The van der Waals surface area contributed by atoms with Gasteiger partial charge in [-0.15, -0.1) is 0 Å². The molecule has 0 N–H and O–H groups in total. The molecule has 1 aromatic carbocycles. The lowest BCUT2D eigenvalue weighted by molar-refractivity contribution is 0.264. The summed E-state index contributed by atoms with van der Waals surface area (Å²) in [5, 5.41) is 9.06. The summed E-state index contributed by atoms with van der Waals surface area (Å²) in [6, 6.07) is 10.8. The van der Waals surface area contributed by atoms with Crippen molar-refractivity contribution in [2.24, 2.45) is 0 Å². The first-order chi connectivity index (χ1) is 8.20. The molecule has 1 aliphatic rings. The van der Waals surface area contributed by atoms with Crippen LogP contribution in [0.4, 0.5) is 0 Å². The molecule has 0 amide bonds. The summed E-state index contributed by atoms with van der Waals surface area (Å²) in [5.74, 6) is 0. The minimum absolute atomic E-state index is 0.657. The number of likely N-dealkylation sites (tertiary alicyclic amines) is 1. The van der Waals surface area contributed by atoms with Crippen LogP contribution in [0.3, 0.4) is 0 Å². The van der Waals surface area contributed by atoms with E-state index < -0.39 is 0 Å². The second-order valence-electron chi connectivity index (χ2n) is 4.91. The van der Waals surface area contributed by atoms with E-state index in [1.54, 1.807) is 0 Å². The van der Waals surface area contributed by atoms with Crippen LogP contribution >= 0.6 is 0 Å². The zero-order valence-corrected chi connectivity index (χ0v) is 10.6. The average molecular weight is 229 g/mol.